The van der Waals surface area contributed by atoms with Gasteiger partial charge in [-0.3, -0.25) is 4.98 Å². The van der Waals surface area contributed by atoms with Gasteiger partial charge in [-0.25, -0.2) is 4.39 Å². The summed E-state index contributed by atoms with van der Waals surface area (Å²) < 4.78 is 14.3. The van der Waals surface area contributed by atoms with Gasteiger partial charge >= 0.3 is 0 Å². The highest BCUT2D eigenvalue weighted by Gasteiger charge is 2.31. The Labute approximate surface area is 126 Å². The average Bonchev–Trinajstić information content (AvgIpc) is 2.88. The molecular weight excluding hydrogens is 319 g/mol. The fraction of sp³-hybridized carbons (Fsp3) is 0.312. The Morgan fingerprint density at radius 3 is 3.00 bits per heavy atom. The highest BCUT2D eigenvalue weighted by atomic mass is 79.9. The van der Waals surface area contributed by atoms with Gasteiger partial charge in [0.15, 0.2) is 0 Å². The highest BCUT2D eigenvalue weighted by molar-refractivity contribution is 9.10. The number of halogens is 2. The van der Waals surface area contributed by atoms with Gasteiger partial charge in [0, 0.05) is 23.9 Å². The number of fused-ring (bicyclic) bond motifs is 1. The summed E-state index contributed by atoms with van der Waals surface area (Å²) in [5.74, 6) is 0.0822. The van der Waals surface area contributed by atoms with Crippen molar-refractivity contribution in [2.24, 2.45) is 0 Å². The molecule has 3 rings (SSSR count). The largest absolute Gasteiger partial charge is 0.312 e. The number of benzene rings is 1. The van der Waals surface area contributed by atoms with E-state index in [0.29, 0.717) is 10.4 Å². The number of nitrogens with zero attached hydrogens (tertiary/aromatic N) is 1. The summed E-state index contributed by atoms with van der Waals surface area (Å²) >= 11 is 3.20. The molecule has 20 heavy (non-hydrogen) atoms. The van der Waals surface area contributed by atoms with E-state index < -0.39 is 0 Å². The minimum atomic E-state index is -0.220. The summed E-state index contributed by atoms with van der Waals surface area (Å²) in [6.45, 7) is 0. The Bertz CT molecular complexity index is 630. The molecule has 2 nitrogen and oxygen atoms in total. The van der Waals surface area contributed by atoms with E-state index in [4.69, 9.17) is 0 Å². The molecule has 1 aromatic heterocycles. The lowest BCUT2D eigenvalue weighted by Gasteiger charge is -2.24. The van der Waals surface area contributed by atoms with E-state index in [1.807, 2.05) is 25.4 Å². The van der Waals surface area contributed by atoms with E-state index >= 15 is 0 Å². The van der Waals surface area contributed by atoms with Crippen LogP contribution in [0, 0.1) is 5.82 Å². The van der Waals surface area contributed by atoms with Crippen LogP contribution >= 0.6 is 15.9 Å². The zero-order valence-corrected chi connectivity index (χ0v) is 12.8. The van der Waals surface area contributed by atoms with Crippen LogP contribution in [0.4, 0.5) is 4.39 Å². The van der Waals surface area contributed by atoms with Gasteiger partial charge in [-0.05, 0) is 65.1 Å². The summed E-state index contributed by atoms with van der Waals surface area (Å²) in [6.07, 6.45) is 3.94. The van der Waals surface area contributed by atoms with Crippen molar-refractivity contribution in [2.75, 3.05) is 7.05 Å². The Kier molecular flexibility index (Phi) is 3.85. The molecule has 0 spiro atoms. The summed E-state index contributed by atoms with van der Waals surface area (Å²) in [5, 5.41) is 3.33. The Morgan fingerprint density at radius 1 is 1.40 bits per heavy atom. The third kappa shape index (κ3) is 2.38. The van der Waals surface area contributed by atoms with Crippen LogP contribution < -0.4 is 5.32 Å². The van der Waals surface area contributed by atoms with Crippen LogP contribution in [0.2, 0.25) is 0 Å². The second-order valence-electron chi connectivity index (χ2n) is 5.13. The molecule has 0 bridgehead atoms. The van der Waals surface area contributed by atoms with E-state index in [-0.39, 0.29) is 11.9 Å². The molecule has 0 saturated heterocycles. The normalized spacial score (nSPS) is 18.9. The van der Waals surface area contributed by atoms with E-state index in [9.17, 15) is 4.39 Å². The average molecular weight is 335 g/mol. The molecule has 2 unspecified atom stereocenters. The van der Waals surface area contributed by atoms with E-state index in [1.165, 1.54) is 5.56 Å². The molecule has 1 aliphatic carbocycles. The number of pyridine rings is 1. The summed E-state index contributed by atoms with van der Waals surface area (Å²) in [6, 6.07) is 9.55. The maximum atomic E-state index is 13.8. The van der Waals surface area contributed by atoms with Gasteiger partial charge in [0.05, 0.1) is 4.47 Å². The second kappa shape index (κ2) is 5.62. The zero-order valence-electron chi connectivity index (χ0n) is 11.2. The SMILES string of the molecule is CNC(c1ccc(Br)c(F)c1)C1CCc2cccnc21. The molecule has 0 saturated carbocycles. The molecule has 0 fully saturated rings. The quantitative estimate of drug-likeness (QED) is 0.918. The number of aryl methyl sites for hydroxylation is 1. The van der Waals surface area contributed by atoms with Crippen LogP contribution in [-0.4, -0.2) is 12.0 Å². The Balaban J connectivity index is 1.97. The van der Waals surface area contributed by atoms with E-state index in [1.54, 1.807) is 12.1 Å². The number of hydrogen-bond donors (Lipinski definition) is 1. The van der Waals surface area contributed by atoms with Gasteiger partial charge in [0.25, 0.3) is 0 Å². The van der Waals surface area contributed by atoms with Crippen molar-refractivity contribution in [3.63, 3.8) is 0 Å². The van der Waals surface area contributed by atoms with Crippen LogP contribution in [0.5, 0.6) is 0 Å². The highest BCUT2D eigenvalue weighted by Crippen LogP contribution is 2.40. The lowest BCUT2D eigenvalue weighted by molar-refractivity contribution is 0.467. The van der Waals surface area contributed by atoms with Crippen molar-refractivity contribution in [3.05, 3.63) is 63.6 Å². The van der Waals surface area contributed by atoms with E-state index in [0.717, 1.165) is 24.1 Å². The van der Waals surface area contributed by atoms with Crippen molar-refractivity contribution in [1.82, 2.24) is 10.3 Å². The van der Waals surface area contributed by atoms with Gasteiger partial charge in [-0.15, -0.1) is 0 Å². The number of likely N-dealkylation sites (N-methyl/N-ethyl adjacent to an activating group) is 1. The standard InChI is InChI=1S/C16H16BrFN2/c1-19-15(11-5-7-13(17)14(18)9-11)12-6-4-10-3-2-8-20-16(10)12/h2-3,5,7-9,12,15,19H,4,6H2,1H3. The lowest BCUT2D eigenvalue weighted by Crippen LogP contribution is -2.23. The topological polar surface area (TPSA) is 24.9 Å². The molecule has 4 heteroatoms. The van der Waals surface area contributed by atoms with Gasteiger partial charge in [-0.1, -0.05) is 12.1 Å². The fourth-order valence-corrected chi connectivity index (χ4v) is 3.32. The van der Waals surface area contributed by atoms with Crippen molar-refractivity contribution in [2.45, 2.75) is 24.8 Å². The van der Waals surface area contributed by atoms with Crippen LogP contribution in [0.3, 0.4) is 0 Å². The first-order valence-electron chi connectivity index (χ1n) is 6.76. The van der Waals surface area contributed by atoms with Crippen LogP contribution in [0.25, 0.3) is 0 Å². The molecule has 0 radical (unpaired) electrons. The van der Waals surface area contributed by atoms with Crippen molar-refractivity contribution in [1.29, 1.82) is 0 Å². The maximum absolute atomic E-state index is 13.8. The third-order valence-electron chi connectivity index (χ3n) is 4.02. The molecule has 2 atom stereocenters. The molecule has 1 heterocycles. The molecule has 0 aliphatic heterocycles. The van der Waals surface area contributed by atoms with E-state index in [2.05, 4.69) is 32.3 Å². The third-order valence-corrected chi connectivity index (χ3v) is 4.66. The first-order valence-corrected chi connectivity index (χ1v) is 7.56. The number of aromatic nitrogens is 1. The Hall–Kier alpha value is -1.26. The summed E-state index contributed by atoms with van der Waals surface area (Å²) in [4.78, 5) is 4.53. The monoisotopic (exact) mass is 334 g/mol. The molecule has 1 aromatic carbocycles. The van der Waals surface area contributed by atoms with Gasteiger partial charge in [-0.2, -0.15) is 0 Å². The van der Waals surface area contributed by atoms with Gasteiger partial charge in [0.2, 0.25) is 0 Å². The maximum Gasteiger partial charge on any atom is 0.137 e. The number of hydrogen-bond acceptors (Lipinski definition) is 2. The smallest absolute Gasteiger partial charge is 0.137 e. The molecule has 0 amide bonds. The predicted octanol–water partition coefficient (Wildman–Crippen LogP) is 3.97. The molecule has 1 aliphatic rings. The first-order chi connectivity index (χ1) is 9.70. The summed E-state index contributed by atoms with van der Waals surface area (Å²) in [7, 11) is 1.92. The predicted molar refractivity (Wildman–Crippen MR) is 81.2 cm³/mol. The van der Waals surface area contributed by atoms with Crippen LogP contribution in [0.15, 0.2) is 41.0 Å². The van der Waals surface area contributed by atoms with Crippen LogP contribution in [0.1, 0.15) is 35.2 Å². The van der Waals surface area contributed by atoms with Crippen molar-refractivity contribution >= 4 is 15.9 Å². The van der Waals surface area contributed by atoms with Crippen molar-refractivity contribution < 1.29 is 4.39 Å². The molecular formula is C16H16BrFN2. The molecule has 1 N–H and O–H groups in total. The zero-order chi connectivity index (χ0) is 14.1. The minimum Gasteiger partial charge on any atom is -0.312 e. The Morgan fingerprint density at radius 2 is 2.25 bits per heavy atom. The number of nitrogens with one attached hydrogen (secondary N) is 1. The minimum absolute atomic E-state index is 0.0914. The fourth-order valence-electron chi connectivity index (χ4n) is 3.07. The molecule has 2 aromatic rings. The van der Waals surface area contributed by atoms with Gasteiger partial charge in [0.1, 0.15) is 5.82 Å². The number of rotatable bonds is 3. The summed E-state index contributed by atoms with van der Waals surface area (Å²) in [5.41, 5.74) is 3.43. The van der Waals surface area contributed by atoms with Crippen LogP contribution in [-0.2, 0) is 6.42 Å². The van der Waals surface area contributed by atoms with Gasteiger partial charge < -0.3 is 5.32 Å². The molecule has 104 valence electrons. The first kappa shape index (κ1) is 13.7. The lowest BCUT2D eigenvalue weighted by atomic mass is 9.91. The van der Waals surface area contributed by atoms with Crippen molar-refractivity contribution in [3.8, 4) is 0 Å². The second-order valence-corrected chi connectivity index (χ2v) is 5.99.